The average molecular weight is 371 g/mol. The van der Waals surface area contributed by atoms with E-state index in [0.29, 0.717) is 31.8 Å². The molecule has 8 heteroatoms. The van der Waals surface area contributed by atoms with Crippen LogP contribution in [0, 0.1) is 12.8 Å². The van der Waals surface area contributed by atoms with Gasteiger partial charge in [-0.1, -0.05) is 30.3 Å². The number of hydrogen-bond donors (Lipinski definition) is 1. The number of nitrogens with zero attached hydrogens (tertiary/aromatic N) is 5. The van der Waals surface area contributed by atoms with Gasteiger partial charge in [-0.15, -0.1) is 5.10 Å². The first-order valence-corrected chi connectivity index (χ1v) is 9.33. The minimum atomic E-state index is -0.787. The van der Waals surface area contributed by atoms with Crippen molar-refractivity contribution in [1.82, 2.24) is 25.1 Å². The summed E-state index contributed by atoms with van der Waals surface area (Å²) in [4.78, 5) is 26.0. The molecule has 1 aliphatic heterocycles. The summed E-state index contributed by atoms with van der Waals surface area (Å²) in [6.45, 7) is 3.07. The zero-order chi connectivity index (χ0) is 19.2. The molecule has 0 spiro atoms. The van der Waals surface area contributed by atoms with Crippen LogP contribution >= 0.6 is 0 Å². The quantitative estimate of drug-likeness (QED) is 0.797. The fourth-order valence-corrected chi connectivity index (χ4v) is 3.68. The Labute approximate surface area is 158 Å². The van der Waals surface area contributed by atoms with Crippen molar-refractivity contribution in [2.24, 2.45) is 5.92 Å². The molecule has 2 heterocycles. The van der Waals surface area contributed by atoms with Crippen LogP contribution in [0.4, 0.5) is 0 Å². The number of amides is 1. The minimum absolute atomic E-state index is 0.00530. The van der Waals surface area contributed by atoms with Crippen LogP contribution in [-0.2, 0) is 16.0 Å². The number of benzene rings is 1. The number of carbonyl (C=O) groups excluding carboxylic acids is 1. The van der Waals surface area contributed by atoms with Gasteiger partial charge in [0.2, 0.25) is 5.91 Å². The van der Waals surface area contributed by atoms with E-state index in [1.165, 1.54) is 0 Å². The van der Waals surface area contributed by atoms with Gasteiger partial charge >= 0.3 is 5.97 Å². The van der Waals surface area contributed by atoms with Crippen LogP contribution in [0.3, 0.4) is 0 Å². The van der Waals surface area contributed by atoms with E-state index in [2.05, 4.69) is 15.5 Å². The van der Waals surface area contributed by atoms with Gasteiger partial charge in [0.25, 0.3) is 0 Å². The van der Waals surface area contributed by atoms with E-state index in [0.717, 1.165) is 18.4 Å². The van der Waals surface area contributed by atoms with Crippen molar-refractivity contribution in [3.63, 3.8) is 0 Å². The lowest BCUT2D eigenvalue weighted by Crippen LogP contribution is -2.44. The Morgan fingerprint density at radius 2 is 2.07 bits per heavy atom. The summed E-state index contributed by atoms with van der Waals surface area (Å²) in [6, 6.07) is 9.33. The summed E-state index contributed by atoms with van der Waals surface area (Å²) < 4.78 is 1.59. The molecule has 27 heavy (non-hydrogen) atoms. The molecule has 3 rings (SSSR count). The second kappa shape index (κ2) is 8.75. The smallest absolute Gasteiger partial charge is 0.303 e. The number of carboxylic acids is 1. The standard InChI is InChI=1S/C19H25N5O3/c1-14-20-21-22-24(14)17(12-15-6-3-2-4-7-15)19(27)23-11-5-8-16(13-23)9-10-18(25)26/h2-4,6-7,16-17H,5,8-13H2,1H3,(H,25,26)/t16-,17+/m0/s1. The van der Waals surface area contributed by atoms with Gasteiger partial charge in [-0.25, -0.2) is 4.68 Å². The number of rotatable bonds is 7. The molecule has 1 aromatic carbocycles. The van der Waals surface area contributed by atoms with E-state index in [-0.39, 0.29) is 18.2 Å². The highest BCUT2D eigenvalue weighted by Gasteiger charge is 2.31. The van der Waals surface area contributed by atoms with Crippen LogP contribution in [0.25, 0.3) is 0 Å². The Hall–Kier alpha value is -2.77. The average Bonchev–Trinajstić information content (AvgIpc) is 3.10. The van der Waals surface area contributed by atoms with Gasteiger partial charge in [0.1, 0.15) is 11.9 Å². The predicted octanol–water partition coefficient (Wildman–Crippen LogP) is 1.87. The molecular formula is C19H25N5O3. The molecule has 0 unspecified atom stereocenters. The van der Waals surface area contributed by atoms with Crippen molar-refractivity contribution in [3.05, 3.63) is 41.7 Å². The lowest BCUT2D eigenvalue weighted by atomic mass is 9.92. The predicted molar refractivity (Wildman–Crippen MR) is 97.9 cm³/mol. The van der Waals surface area contributed by atoms with Gasteiger partial charge in [-0.2, -0.15) is 0 Å². The van der Waals surface area contributed by atoms with Crippen molar-refractivity contribution in [3.8, 4) is 0 Å². The lowest BCUT2D eigenvalue weighted by molar-refractivity contribution is -0.138. The van der Waals surface area contributed by atoms with Crippen LogP contribution in [0.1, 0.15) is 43.1 Å². The number of tetrazole rings is 1. The third-order valence-corrected chi connectivity index (χ3v) is 5.11. The van der Waals surface area contributed by atoms with Crippen molar-refractivity contribution in [2.45, 2.75) is 45.1 Å². The summed E-state index contributed by atoms with van der Waals surface area (Å²) in [7, 11) is 0. The van der Waals surface area contributed by atoms with Gasteiger partial charge in [0.15, 0.2) is 0 Å². The first kappa shape index (κ1) is 19.0. The highest BCUT2D eigenvalue weighted by Crippen LogP contribution is 2.25. The van der Waals surface area contributed by atoms with Crippen LogP contribution < -0.4 is 0 Å². The molecule has 1 amide bonds. The molecule has 1 aliphatic rings. The van der Waals surface area contributed by atoms with Crippen LogP contribution in [0.5, 0.6) is 0 Å². The van der Waals surface area contributed by atoms with Gasteiger partial charge in [-0.3, -0.25) is 9.59 Å². The van der Waals surface area contributed by atoms with E-state index >= 15 is 0 Å². The maximum absolute atomic E-state index is 13.3. The van der Waals surface area contributed by atoms with E-state index in [9.17, 15) is 9.59 Å². The van der Waals surface area contributed by atoms with E-state index < -0.39 is 12.0 Å². The monoisotopic (exact) mass is 371 g/mol. The fraction of sp³-hybridized carbons (Fsp3) is 0.526. The molecule has 0 aliphatic carbocycles. The van der Waals surface area contributed by atoms with Crippen LogP contribution in [0.15, 0.2) is 30.3 Å². The number of piperidine rings is 1. The second-order valence-electron chi connectivity index (χ2n) is 7.10. The largest absolute Gasteiger partial charge is 0.481 e. The molecule has 0 saturated carbocycles. The maximum Gasteiger partial charge on any atom is 0.303 e. The van der Waals surface area contributed by atoms with E-state index in [1.807, 2.05) is 35.2 Å². The summed E-state index contributed by atoms with van der Waals surface area (Å²) >= 11 is 0. The number of aliphatic carboxylic acids is 1. The van der Waals surface area contributed by atoms with Crippen LogP contribution in [0.2, 0.25) is 0 Å². The number of carboxylic acid groups (broad SMARTS) is 1. The Morgan fingerprint density at radius 1 is 1.30 bits per heavy atom. The molecule has 1 N–H and O–H groups in total. The first-order chi connectivity index (χ1) is 13.0. The number of likely N-dealkylation sites (tertiary alicyclic amines) is 1. The topological polar surface area (TPSA) is 101 Å². The summed E-state index contributed by atoms with van der Waals surface area (Å²) in [5.74, 6) is 0.0360. The zero-order valence-electron chi connectivity index (χ0n) is 15.5. The Morgan fingerprint density at radius 3 is 2.74 bits per heavy atom. The molecule has 0 bridgehead atoms. The van der Waals surface area contributed by atoms with Crippen molar-refractivity contribution < 1.29 is 14.7 Å². The van der Waals surface area contributed by atoms with E-state index in [1.54, 1.807) is 11.6 Å². The highest BCUT2D eigenvalue weighted by atomic mass is 16.4. The zero-order valence-corrected chi connectivity index (χ0v) is 15.5. The molecule has 1 fully saturated rings. The second-order valence-corrected chi connectivity index (χ2v) is 7.10. The summed E-state index contributed by atoms with van der Waals surface area (Å²) in [6.07, 6.45) is 3.12. The lowest BCUT2D eigenvalue weighted by Gasteiger charge is -2.35. The SMILES string of the molecule is Cc1nnnn1[C@H](Cc1ccccc1)C(=O)N1CCC[C@@H](CCC(=O)O)C1. The summed E-state index contributed by atoms with van der Waals surface area (Å²) in [5, 5.41) is 20.6. The molecule has 2 aromatic rings. The number of carbonyl (C=O) groups is 2. The summed E-state index contributed by atoms with van der Waals surface area (Å²) in [5.41, 5.74) is 1.05. The third kappa shape index (κ3) is 4.90. The molecule has 1 saturated heterocycles. The highest BCUT2D eigenvalue weighted by molar-refractivity contribution is 5.81. The molecular weight excluding hydrogens is 346 g/mol. The van der Waals surface area contributed by atoms with Gasteiger partial charge < -0.3 is 10.0 Å². The van der Waals surface area contributed by atoms with Crippen molar-refractivity contribution in [1.29, 1.82) is 0 Å². The van der Waals surface area contributed by atoms with Gasteiger partial charge in [0.05, 0.1) is 0 Å². The number of hydrogen-bond acceptors (Lipinski definition) is 5. The third-order valence-electron chi connectivity index (χ3n) is 5.11. The fourth-order valence-electron chi connectivity index (χ4n) is 3.68. The minimum Gasteiger partial charge on any atom is -0.481 e. The maximum atomic E-state index is 13.3. The Kier molecular flexibility index (Phi) is 6.16. The molecule has 0 radical (unpaired) electrons. The molecule has 1 aromatic heterocycles. The Balaban J connectivity index is 1.76. The first-order valence-electron chi connectivity index (χ1n) is 9.33. The number of aromatic nitrogens is 4. The van der Waals surface area contributed by atoms with Gasteiger partial charge in [0, 0.05) is 25.9 Å². The Bertz CT molecular complexity index is 777. The molecule has 144 valence electrons. The van der Waals surface area contributed by atoms with Crippen molar-refractivity contribution in [2.75, 3.05) is 13.1 Å². The number of aryl methyl sites for hydroxylation is 1. The van der Waals surface area contributed by atoms with Gasteiger partial charge in [-0.05, 0) is 48.1 Å². The van der Waals surface area contributed by atoms with Crippen molar-refractivity contribution >= 4 is 11.9 Å². The normalized spacial score (nSPS) is 18.3. The molecule has 2 atom stereocenters. The van der Waals surface area contributed by atoms with Crippen LogP contribution in [-0.4, -0.2) is 55.2 Å². The molecule has 8 nitrogen and oxygen atoms in total. The van der Waals surface area contributed by atoms with E-state index in [4.69, 9.17) is 5.11 Å².